The first-order valence-corrected chi connectivity index (χ1v) is 10.7. The van der Waals surface area contributed by atoms with Gasteiger partial charge in [-0.15, -0.1) is 0 Å². The highest BCUT2D eigenvalue weighted by Crippen LogP contribution is 2.20. The molecule has 1 saturated heterocycles. The van der Waals surface area contributed by atoms with E-state index in [1.165, 1.54) is 12.0 Å². The number of hydrogen-bond acceptors (Lipinski definition) is 5. The van der Waals surface area contributed by atoms with Crippen molar-refractivity contribution in [1.29, 1.82) is 0 Å². The van der Waals surface area contributed by atoms with Gasteiger partial charge in [0.05, 0.1) is 33.2 Å². The Balaban J connectivity index is 1.31. The van der Waals surface area contributed by atoms with Crippen molar-refractivity contribution in [2.75, 3.05) is 43.4 Å². The molecular weight excluding hydrogens is 384 g/mol. The number of thioether (sulfide) groups is 1. The van der Waals surface area contributed by atoms with Gasteiger partial charge in [0.1, 0.15) is 6.33 Å². The Hall–Kier alpha value is -2.84. The minimum Gasteiger partial charge on any atom is -0.360 e. The average molecular weight is 410 g/mol. The zero-order valence-corrected chi connectivity index (χ0v) is 17.2. The number of H-pyrrole nitrogens is 1. The fourth-order valence-electron chi connectivity index (χ4n) is 3.27. The smallest absolute Gasteiger partial charge is 0.255 e. The Morgan fingerprint density at radius 1 is 1.14 bits per heavy atom. The molecule has 1 aliphatic rings. The first-order valence-electron chi connectivity index (χ1n) is 9.72. The summed E-state index contributed by atoms with van der Waals surface area (Å²) in [6.07, 6.45) is 1.49. The summed E-state index contributed by atoms with van der Waals surface area (Å²) in [5, 5.41) is 10.4. The highest BCUT2D eigenvalue weighted by atomic mass is 32.2. The van der Waals surface area contributed by atoms with Crippen molar-refractivity contribution in [3.8, 4) is 0 Å². The van der Waals surface area contributed by atoms with Crippen LogP contribution < -0.4 is 15.1 Å². The molecule has 7 nitrogen and oxygen atoms in total. The number of benzene rings is 2. The summed E-state index contributed by atoms with van der Waals surface area (Å²) in [5.74, 6) is 0.669. The number of rotatable bonds is 6. The fraction of sp³-hybridized carbons (Fsp3) is 0.286. The van der Waals surface area contributed by atoms with Crippen LogP contribution in [0.4, 0.5) is 11.4 Å². The number of quaternary nitrogens is 1. The van der Waals surface area contributed by atoms with Crippen molar-refractivity contribution in [1.82, 2.24) is 15.2 Å². The van der Waals surface area contributed by atoms with Gasteiger partial charge >= 0.3 is 0 Å². The van der Waals surface area contributed by atoms with Crippen molar-refractivity contribution in [3.63, 3.8) is 0 Å². The molecule has 0 unspecified atom stereocenters. The maximum atomic E-state index is 12.5. The van der Waals surface area contributed by atoms with Crippen molar-refractivity contribution in [2.24, 2.45) is 0 Å². The molecule has 0 atom stereocenters. The summed E-state index contributed by atoms with van der Waals surface area (Å²) in [6, 6.07) is 15.8. The number of anilines is 2. The molecule has 4 rings (SSSR count). The van der Waals surface area contributed by atoms with E-state index in [2.05, 4.69) is 44.6 Å². The quantitative estimate of drug-likeness (QED) is 0.540. The lowest BCUT2D eigenvalue weighted by Crippen LogP contribution is -3.12. The molecule has 2 aromatic carbocycles. The van der Waals surface area contributed by atoms with E-state index in [4.69, 9.17) is 0 Å². The fourth-order valence-corrected chi connectivity index (χ4v) is 4.01. The second-order valence-electron chi connectivity index (χ2n) is 7.22. The van der Waals surface area contributed by atoms with Gasteiger partial charge in [0, 0.05) is 22.7 Å². The molecule has 3 N–H and O–H groups in total. The first-order chi connectivity index (χ1) is 14.2. The summed E-state index contributed by atoms with van der Waals surface area (Å²) in [7, 11) is 2.23. The molecule has 3 aromatic rings. The predicted octanol–water partition coefficient (Wildman–Crippen LogP) is 1.68. The summed E-state index contributed by atoms with van der Waals surface area (Å²) in [4.78, 5) is 20.6. The summed E-state index contributed by atoms with van der Waals surface area (Å²) in [5.41, 5.74) is 3.79. The SMILES string of the molecule is C[NH+]1CCN(c2ccc(NC(=O)c3ccc(CSc4ncn[nH]4)cc3)cc2)CC1. The highest BCUT2D eigenvalue weighted by Gasteiger charge is 2.16. The number of carbonyl (C=O) groups is 1. The number of carbonyl (C=O) groups excluding carboxylic acids is 1. The van der Waals surface area contributed by atoms with Crippen molar-refractivity contribution >= 4 is 29.0 Å². The number of aromatic nitrogens is 3. The summed E-state index contributed by atoms with van der Waals surface area (Å²) >= 11 is 1.58. The van der Waals surface area contributed by atoms with Gasteiger partial charge < -0.3 is 15.1 Å². The number of nitrogens with zero attached hydrogens (tertiary/aromatic N) is 3. The minimum absolute atomic E-state index is 0.101. The standard InChI is InChI=1S/C21H24N6OS/c1-26-10-12-27(13-11-26)19-8-6-18(7-9-19)24-20(28)17-4-2-16(3-5-17)14-29-21-22-15-23-25-21/h2-9,15H,10-14H2,1H3,(H,24,28)(H,22,23,25)/p+1. The van der Waals surface area contributed by atoms with Crippen LogP contribution in [0.3, 0.4) is 0 Å². The van der Waals surface area contributed by atoms with Crippen LogP contribution >= 0.6 is 11.8 Å². The van der Waals surface area contributed by atoms with Gasteiger partial charge in [-0.3, -0.25) is 9.89 Å². The van der Waals surface area contributed by atoms with E-state index in [1.54, 1.807) is 16.7 Å². The maximum absolute atomic E-state index is 12.5. The van der Waals surface area contributed by atoms with E-state index >= 15 is 0 Å². The predicted molar refractivity (Wildman–Crippen MR) is 116 cm³/mol. The van der Waals surface area contributed by atoms with Crippen LogP contribution in [0.2, 0.25) is 0 Å². The van der Waals surface area contributed by atoms with E-state index in [0.29, 0.717) is 5.56 Å². The maximum Gasteiger partial charge on any atom is 0.255 e. The van der Waals surface area contributed by atoms with E-state index in [1.807, 2.05) is 36.4 Å². The topological polar surface area (TPSA) is 78.3 Å². The third kappa shape index (κ3) is 5.16. The van der Waals surface area contributed by atoms with Crippen LogP contribution in [0.25, 0.3) is 0 Å². The summed E-state index contributed by atoms with van der Waals surface area (Å²) in [6.45, 7) is 4.45. The Morgan fingerprint density at radius 2 is 1.86 bits per heavy atom. The summed E-state index contributed by atoms with van der Waals surface area (Å²) < 4.78 is 0. The second-order valence-corrected chi connectivity index (χ2v) is 8.19. The third-order valence-electron chi connectivity index (χ3n) is 5.09. The molecule has 1 aliphatic heterocycles. The molecule has 1 aromatic heterocycles. The zero-order valence-electron chi connectivity index (χ0n) is 16.4. The molecule has 0 bridgehead atoms. The number of nitrogens with one attached hydrogen (secondary N) is 3. The lowest BCUT2D eigenvalue weighted by molar-refractivity contribution is -0.880. The minimum atomic E-state index is -0.101. The molecule has 2 heterocycles. The van der Waals surface area contributed by atoms with Gasteiger partial charge in [-0.25, -0.2) is 4.98 Å². The average Bonchev–Trinajstić information content (AvgIpc) is 3.27. The largest absolute Gasteiger partial charge is 0.360 e. The van der Waals surface area contributed by atoms with Crippen LogP contribution in [0, 0.1) is 0 Å². The molecule has 1 amide bonds. The van der Waals surface area contributed by atoms with Gasteiger partial charge in [-0.1, -0.05) is 23.9 Å². The van der Waals surface area contributed by atoms with E-state index in [0.717, 1.165) is 48.3 Å². The van der Waals surface area contributed by atoms with E-state index in [9.17, 15) is 4.79 Å². The molecule has 8 heteroatoms. The number of likely N-dealkylation sites (N-methyl/N-ethyl adjacent to an activating group) is 1. The van der Waals surface area contributed by atoms with Crippen LogP contribution in [-0.4, -0.2) is 54.3 Å². The number of aromatic amines is 1. The highest BCUT2D eigenvalue weighted by molar-refractivity contribution is 7.98. The Bertz CT molecular complexity index is 919. The number of amides is 1. The molecule has 0 spiro atoms. The van der Waals surface area contributed by atoms with Gasteiger partial charge in [0.2, 0.25) is 0 Å². The Kier molecular flexibility index (Phi) is 6.12. The van der Waals surface area contributed by atoms with Crippen molar-refractivity contribution in [3.05, 3.63) is 66.0 Å². The van der Waals surface area contributed by atoms with E-state index in [-0.39, 0.29) is 5.91 Å². The Labute approximate surface area is 174 Å². The molecule has 0 aliphatic carbocycles. The normalized spacial score (nSPS) is 14.7. The first kappa shape index (κ1) is 19.5. The van der Waals surface area contributed by atoms with Gasteiger partial charge in [-0.05, 0) is 42.0 Å². The molecule has 150 valence electrons. The van der Waals surface area contributed by atoms with Crippen LogP contribution in [0.1, 0.15) is 15.9 Å². The number of hydrogen-bond donors (Lipinski definition) is 3. The molecule has 0 saturated carbocycles. The van der Waals surface area contributed by atoms with Gasteiger partial charge in [-0.2, -0.15) is 5.10 Å². The molecule has 1 fully saturated rings. The van der Waals surface area contributed by atoms with Crippen molar-refractivity contribution in [2.45, 2.75) is 10.9 Å². The van der Waals surface area contributed by atoms with Gasteiger partial charge in [0.25, 0.3) is 5.91 Å². The van der Waals surface area contributed by atoms with Crippen LogP contribution in [-0.2, 0) is 5.75 Å². The van der Waals surface area contributed by atoms with Crippen LogP contribution in [0.5, 0.6) is 0 Å². The number of piperazine rings is 1. The molecule has 29 heavy (non-hydrogen) atoms. The third-order valence-corrected chi connectivity index (χ3v) is 6.04. The van der Waals surface area contributed by atoms with E-state index < -0.39 is 0 Å². The second kappa shape index (κ2) is 9.11. The Morgan fingerprint density at radius 3 is 2.52 bits per heavy atom. The molecular formula is C21H25N6OS+. The van der Waals surface area contributed by atoms with Crippen molar-refractivity contribution < 1.29 is 9.69 Å². The van der Waals surface area contributed by atoms with Gasteiger partial charge in [0.15, 0.2) is 5.16 Å². The lowest BCUT2D eigenvalue weighted by atomic mass is 10.1. The zero-order chi connectivity index (χ0) is 20.1. The lowest BCUT2D eigenvalue weighted by Gasteiger charge is -2.31. The van der Waals surface area contributed by atoms with Crippen LogP contribution in [0.15, 0.2) is 60.0 Å². The molecule has 0 radical (unpaired) electrons. The monoisotopic (exact) mass is 409 g/mol.